The highest BCUT2D eigenvalue weighted by molar-refractivity contribution is 6.42. The molecular formula is C29H34Cl2N2O5. The fourth-order valence-electron chi connectivity index (χ4n) is 6.14. The molecule has 1 aliphatic carbocycles. The number of halogens is 2. The fourth-order valence-corrected chi connectivity index (χ4v) is 6.46. The molecule has 1 aliphatic heterocycles. The first kappa shape index (κ1) is 28.4. The summed E-state index contributed by atoms with van der Waals surface area (Å²) >= 11 is 12.2. The molecule has 2 aromatic carbocycles. The molecule has 7 nitrogen and oxygen atoms in total. The average molecular weight is 562 g/mol. The first-order chi connectivity index (χ1) is 18.0. The molecule has 0 N–H and O–H groups in total. The van der Waals surface area contributed by atoms with Gasteiger partial charge in [0.25, 0.3) is 0 Å². The van der Waals surface area contributed by atoms with Gasteiger partial charge in [0, 0.05) is 51.2 Å². The van der Waals surface area contributed by atoms with Crippen LogP contribution in [0.5, 0.6) is 5.75 Å². The number of ether oxygens (including phenoxy) is 2. The predicted octanol–water partition coefficient (Wildman–Crippen LogP) is 4.90. The Labute approximate surface area is 234 Å². The van der Waals surface area contributed by atoms with Crippen LogP contribution in [-0.4, -0.2) is 67.0 Å². The second kappa shape index (κ2) is 11.6. The molecule has 2 aliphatic rings. The number of carbonyl (C=O) groups excluding carboxylic acids is 3. The van der Waals surface area contributed by atoms with Crippen molar-refractivity contribution in [2.75, 3.05) is 27.2 Å². The van der Waals surface area contributed by atoms with Crippen molar-refractivity contribution >= 4 is 41.0 Å². The predicted molar refractivity (Wildman–Crippen MR) is 147 cm³/mol. The summed E-state index contributed by atoms with van der Waals surface area (Å²) in [5.74, 6) is -0.266. The molecule has 4 rings (SSSR count). The van der Waals surface area contributed by atoms with Crippen LogP contribution < -0.4 is 4.74 Å². The number of fused-ring (bicyclic) bond motifs is 1. The van der Waals surface area contributed by atoms with E-state index in [-0.39, 0.29) is 47.7 Å². The van der Waals surface area contributed by atoms with Crippen molar-refractivity contribution < 1.29 is 23.9 Å². The highest BCUT2D eigenvalue weighted by Crippen LogP contribution is 2.51. The lowest BCUT2D eigenvalue weighted by molar-refractivity contribution is -0.160. The summed E-state index contributed by atoms with van der Waals surface area (Å²) in [6.45, 7) is 4.42. The Morgan fingerprint density at radius 3 is 2.53 bits per heavy atom. The van der Waals surface area contributed by atoms with E-state index in [9.17, 15) is 14.4 Å². The third kappa shape index (κ3) is 6.16. The van der Waals surface area contributed by atoms with Crippen LogP contribution in [0.1, 0.15) is 44.2 Å². The van der Waals surface area contributed by atoms with Crippen molar-refractivity contribution in [2.45, 2.75) is 57.1 Å². The molecule has 1 amide bonds. The zero-order valence-electron chi connectivity index (χ0n) is 22.2. The van der Waals surface area contributed by atoms with Crippen molar-refractivity contribution in [3.8, 4) is 5.75 Å². The molecule has 2 fully saturated rings. The molecule has 1 saturated heterocycles. The number of carbonyl (C=O) groups is 3. The smallest absolute Gasteiger partial charge is 0.308 e. The zero-order chi connectivity index (χ0) is 27.6. The monoisotopic (exact) mass is 560 g/mol. The lowest BCUT2D eigenvalue weighted by Gasteiger charge is -2.56. The summed E-state index contributed by atoms with van der Waals surface area (Å²) in [6, 6.07) is 12.7. The lowest BCUT2D eigenvalue weighted by Crippen LogP contribution is -2.61. The molecule has 9 heteroatoms. The number of likely N-dealkylation sites (N-methyl/N-ethyl adjacent to an activating group) is 1. The molecule has 38 heavy (non-hydrogen) atoms. The minimum Gasteiger partial charge on any atom is -0.462 e. The minimum absolute atomic E-state index is 0.0209. The number of rotatable bonds is 6. The molecule has 2 aromatic rings. The van der Waals surface area contributed by atoms with Crippen molar-refractivity contribution in [2.24, 2.45) is 5.92 Å². The summed E-state index contributed by atoms with van der Waals surface area (Å²) in [5.41, 5.74) is 1.44. The van der Waals surface area contributed by atoms with Gasteiger partial charge in [-0.15, -0.1) is 0 Å². The van der Waals surface area contributed by atoms with E-state index in [2.05, 4.69) is 18.0 Å². The fraction of sp³-hybridized carbons (Fsp3) is 0.483. The summed E-state index contributed by atoms with van der Waals surface area (Å²) in [4.78, 5) is 41.3. The molecule has 1 heterocycles. The van der Waals surface area contributed by atoms with Gasteiger partial charge in [0.2, 0.25) is 5.91 Å². The summed E-state index contributed by atoms with van der Waals surface area (Å²) in [6.07, 6.45) is 1.89. The van der Waals surface area contributed by atoms with E-state index in [1.807, 2.05) is 19.2 Å². The number of piperidine rings is 1. The Hall–Kier alpha value is -2.61. The number of likely N-dealkylation sites (tertiary alicyclic amines) is 1. The van der Waals surface area contributed by atoms with Crippen LogP contribution in [-0.2, 0) is 31.0 Å². The Morgan fingerprint density at radius 2 is 1.84 bits per heavy atom. The molecule has 1 unspecified atom stereocenters. The zero-order valence-corrected chi connectivity index (χ0v) is 23.7. The van der Waals surface area contributed by atoms with Crippen molar-refractivity contribution in [1.29, 1.82) is 0 Å². The van der Waals surface area contributed by atoms with Crippen LogP contribution in [0.25, 0.3) is 0 Å². The van der Waals surface area contributed by atoms with Crippen molar-refractivity contribution in [1.82, 2.24) is 9.80 Å². The van der Waals surface area contributed by atoms with Gasteiger partial charge in [-0.25, -0.2) is 0 Å². The van der Waals surface area contributed by atoms with Gasteiger partial charge in [-0.2, -0.15) is 0 Å². The first-order valence-electron chi connectivity index (χ1n) is 12.8. The number of hydrogen-bond acceptors (Lipinski definition) is 6. The van der Waals surface area contributed by atoms with Crippen LogP contribution in [0.2, 0.25) is 10.0 Å². The minimum atomic E-state index is -0.383. The SMILES string of the molecule is CC(=O)Oc1cccc([C@@]23CCN(C)C[C@H]2C(OC(C)=O)C[C@@H](N(C)C(=O)Cc2ccc(Cl)c(Cl)c2)C3)c1. The highest BCUT2D eigenvalue weighted by atomic mass is 35.5. The Kier molecular flexibility index (Phi) is 8.70. The number of benzene rings is 2. The van der Waals surface area contributed by atoms with E-state index in [0.29, 0.717) is 28.6 Å². The molecule has 1 saturated carbocycles. The number of hydrogen-bond donors (Lipinski definition) is 0. The first-order valence-corrected chi connectivity index (χ1v) is 13.6. The van der Waals surface area contributed by atoms with Crippen molar-refractivity contribution in [3.05, 3.63) is 63.6 Å². The molecule has 0 spiro atoms. The molecular weight excluding hydrogens is 527 g/mol. The van der Waals surface area contributed by atoms with Gasteiger partial charge in [-0.1, -0.05) is 41.4 Å². The van der Waals surface area contributed by atoms with Gasteiger partial charge < -0.3 is 19.3 Å². The van der Waals surface area contributed by atoms with E-state index in [1.54, 1.807) is 29.2 Å². The Balaban J connectivity index is 1.69. The second-order valence-electron chi connectivity index (χ2n) is 10.6. The van der Waals surface area contributed by atoms with E-state index in [0.717, 1.165) is 30.6 Å². The third-order valence-electron chi connectivity index (χ3n) is 7.98. The van der Waals surface area contributed by atoms with Gasteiger partial charge in [0.1, 0.15) is 11.9 Å². The van der Waals surface area contributed by atoms with Crippen LogP contribution in [0.15, 0.2) is 42.5 Å². The number of amides is 1. The van der Waals surface area contributed by atoms with Gasteiger partial charge in [0.05, 0.1) is 16.5 Å². The normalized spacial score (nSPS) is 25.3. The second-order valence-corrected chi connectivity index (χ2v) is 11.4. The molecule has 0 radical (unpaired) electrons. The molecule has 0 aromatic heterocycles. The summed E-state index contributed by atoms with van der Waals surface area (Å²) in [5, 5.41) is 0.854. The van der Waals surface area contributed by atoms with Crippen LogP contribution >= 0.6 is 23.2 Å². The average Bonchev–Trinajstić information content (AvgIpc) is 2.85. The van der Waals surface area contributed by atoms with Crippen LogP contribution in [0.4, 0.5) is 0 Å². The third-order valence-corrected chi connectivity index (χ3v) is 8.72. The van der Waals surface area contributed by atoms with E-state index in [4.69, 9.17) is 32.7 Å². The largest absolute Gasteiger partial charge is 0.462 e. The van der Waals surface area contributed by atoms with Gasteiger partial charge >= 0.3 is 11.9 Å². The van der Waals surface area contributed by atoms with Gasteiger partial charge in [-0.05, 0) is 61.8 Å². The standard InChI is InChI=1S/C29H34Cl2N2O5/c1-18(34)37-23-7-5-6-21(14-23)29-10-11-32(3)17-24(29)27(38-19(2)35)15-22(16-29)33(4)28(36)13-20-8-9-25(30)26(31)12-20/h5-9,12,14,22,24,27H,10-11,13,15-17H2,1-4H3/t22-,24+,27?,29+/m1/s1. The number of esters is 2. The van der Waals surface area contributed by atoms with Gasteiger partial charge in [-0.3, -0.25) is 14.4 Å². The summed E-state index contributed by atoms with van der Waals surface area (Å²) < 4.78 is 11.3. The molecule has 0 bridgehead atoms. The quantitative estimate of drug-likeness (QED) is 0.369. The Morgan fingerprint density at radius 1 is 1.08 bits per heavy atom. The van der Waals surface area contributed by atoms with E-state index >= 15 is 0 Å². The van der Waals surface area contributed by atoms with E-state index < -0.39 is 0 Å². The maximum absolute atomic E-state index is 13.4. The Bertz CT molecular complexity index is 1220. The number of nitrogens with zero attached hydrogens (tertiary/aromatic N) is 2. The lowest BCUT2D eigenvalue weighted by atomic mass is 9.56. The van der Waals surface area contributed by atoms with E-state index in [1.165, 1.54) is 13.8 Å². The van der Waals surface area contributed by atoms with Crippen LogP contribution in [0, 0.1) is 5.92 Å². The maximum Gasteiger partial charge on any atom is 0.308 e. The van der Waals surface area contributed by atoms with Crippen LogP contribution in [0.3, 0.4) is 0 Å². The molecule has 204 valence electrons. The highest BCUT2D eigenvalue weighted by Gasteiger charge is 2.54. The molecule has 4 atom stereocenters. The summed E-state index contributed by atoms with van der Waals surface area (Å²) in [7, 11) is 3.89. The van der Waals surface area contributed by atoms with Gasteiger partial charge in [0.15, 0.2) is 0 Å². The van der Waals surface area contributed by atoms with Crippen molar-refractivity contribution in [3.63, 3.8) is 0 Å². The topological polar surface area (TPSA) is 76.2 Å². The maximum atomic E-state index is 13.4.